The summed E-state index contributed by atoms with van der Waals surface area (Å²) in [6.45, 7) is -0.765. The van der Waals surface area contributed by atoms with Gasteiger partial charge in [-0.15, -0.1) is 0 Å². The molecule has 9 nitrogen and oxygen atoms in total. The number of hydrogen-bond acceptors (Lipinski definition) is 8. The number of nitrogens with two attached hydrogens (primary N) is 1. The molecule has 0 aliphatic heterocycles. The number of aryl methyl sites for hydroxylation is 1. The Kier molecular flexibility index (Phi) is 5.29. The van der Waals surface area contributed by atoms with E-state index in [9.17, 15) is 0 Å². The van der Waals surface area contributed by atoms with Crippen molar-refractivity contribution in [2.45, 2.75) is 0 Å². The molecule has 0 aliphatic carbocycles. The van der Waals surface area contributed by atoms with E-state index in [1.54, 1.807) is 43.6 Å². The number of para-hydroxylation sites is 2. The maximum Gasteiger partial charge on any atom is 0.227 e. The molecule has 172 valence electrons. The van der Waals surface area contributed by atoms with Crippen LogP contribution in [0.25, 0.3) is 22.6 Å². The van der Waals surface area contributed by atoms with Crippen LogP contribution in [0, 0.1) is 0 Å². The van der Waals surface area contributed by atoms with Crippen LogP contribution in [0.3, 0.4) is 0 Å². The molecule has 0 fully saturated rings. The molecular formula is C24H30N8O. The Balaban J connectivity index is 1.69. The lowest BCUT2D eigenvalue weighted by Gasteiger charge is -2.24. The molecule has 0 bridgehead atoms. The average Bonchev–Trinajstić information content (AvgIpc) is 3.23. The molecule has 2 aromatic carbocycles. The lowest BCUT2D eigenvalue weighted by molar-refractivity contribution is 0.413. The van der Waals surface area contributed by atoms with Gasteiger partial charge in [0.15, 0.2) is 5.82 Å². The molecule has 0 aliphatic rings. The van der Waals surface area contributed by atoms with Crippen LogP contribution >= 0.6 is 0 Å². The zero-order chi connectivity index (χ0) is 26.0. The monoisotopic (exact) mass is 449 g/mol. The number of ether oxygens (including phenoxy) is 1. The van der Waals surface area contributed by atoms with Crippen molar-refractivity contribution in [3.63, 3.8) is 0 Å². The van der Waals surface area contributed by atoms with Gasteiger partial charge >= 0.3 is 0 Å². The summed E-state index contributed by atoms with van der Waals surface area (Å²) in [6, 6.07) is 12.4. The number of anilines is 4. The number of hydrogen-bond donors (Lipinski definition) is 2. The second-order valence-electron chi connectivity index (χ2n) is 7.99. The van der Waals surface area contributed by atoms with Gasteiger partial charge in [0.25, 0.3) is 0 Å². The van der Waals surface area contributed by atoms with Gasteiger partial charge in [-0.1, -0.05) is 12.1 Å². The van der Waals surface area contributed by atoms with Crippen molar-refractivity contribution in [3.05, 3.63) is 48.7 Å². The van der Waals surface area contributed by atoms with Crippen molar-refractivity contribution < 1.29 is 8.85 Å². The van der Waals surface area contributed by atoms with E-state index in [0.717, 1.165) is 18.8 Å². The number of nitrogens with zero attached hydrogens (tertiary/aromatic N) is 6. The van der Waals surface area contributed by atoms with E-state index in [4.69, 9.17) is 14.6 Å². The fraction of sp³-hybridized carbons (Fsp3) is 0.292. The van der Waals surface area contributed by atoms with Gasteiger partial charge in [0.1, 0.15) is 11.4 Å². The van der Waals surface area contributed by atoms with Crippen LogP contribution < -0.4 is 20.7 Å². The molecule has 33 heavy (non-hydrogen) atoms. The number of fused-ring (bicyclic) bond motifs is 1. The first kappa shape index (κ1) is 18.7. The minimum absolute atomic E-state index is 0.228. The maximum atomic E-state index is 8.04. The highest BCUT2D eigenvalue weighted by atomic mass is 16.5. The summed E-state index contributed by atoms with van der Waals surface area (Å²) in [7, 11) is 7.60. The van der Waals surface area contributed by atoms with Crippen molar-refractivity contribution in [1.29, 1.82) is 0 Å². The Hall–Kier alpha value is -3.85. The predicted molar refractivity (Wildman–Crippen MR) is 134 cm³/mol. The highest BCUT2D eigenvalue weighted by molar-refractivity contribution is 5.81. The van der Waals surface area contributed by atoms with Crippen LogP contribution in [0.4, 0.5) is 23.0 Å². The van der Waals surface area contributed by atoms with Crippen LogP contribution in [-0.2, 0) is 6.98 Å². The molecule has 0 saturated heterocycles. The summed E-state index contributed by atoms with van der Waals surface area (Å²) < 4.78 is 30.9. The summed E-state index contributed by atoms with van der Waals surface area (Å²) >= 11 is 0. The molecule has 0 radical (unpaired) electrons. The summed E-state index contributed by atoms with van der Waals surface area (Å²) in [5, 5.41) is 3.15. The van der Waals surface area contributed by atoms with Gasteiger partial charge in [-0.2, -0.15) is 0 Å². The quantitative estimate of drug-likeness (QED) is 0.395. The summed E-state index contributed by atoms with van der Waals surface area (Å²) in [5.41, 5.74) is 9.81. The van der Waals surface area contributed by atoms with Crippen molar-refractivity contribution in [3.8, 4) is 17.3 Å². The van der Waals surface area contributed by atoms with Crippen LogP contribution in [0.1, 0.15) is 4.11 Å². The largest absolute Gasteiger partial charge is 0.494 e. The first-order valence-corrected chi connectivity index (χ1v) is 10.5. The predicted octanol–water partition coefficient (Wildman–Crippen LogP) is 3.36. The molecule has 2 heterocycles. The Labute approximate surface area is 198 Å². The van der Waals surface area contributed by atoms with Gasteiger partial charge in [-0.25, -0.2) is 15.0 Å². The van der Waals surface area contributed by atoms with E-state index in [1.165, 1.54) is 4.57 Å². The molecule has 0 atom stereocenters. The fourth-order valence-electron chi connectivity index (χ4n) is 3.52. The van der Waals surface area contributed by atoms with E-state index in [-0.39, 0.29) is 11.8 Å². The highest BCUT2D eigenvalue weighted by Crippen LogP contribution is 2.36. The normalized spacial score (nSPS) is 12.9. The van der Waals surface area contributed by atoms with E-state index in [1.807, 2.05) is 33.3 Å². The number of methoxy groups -OCH3 is 1. The number of nitrogens with one attached hydrogen (secondary N) is 1. The van der Waals surface area contributed by atoms with E-state index in [2.05, 4.69) is 30.1 Å². The second kappa shape index (κ2) is 9.33. The fourth-order valence-corrected chi connectivity index (χ4v) is 3.52. The molecule has 9 heteroatoms. The summed E-state index contributed by atoms with van der Waals surface area (Å²) in [4.78, 5) is 17.6. The third-order valence-electron chi connectivity index (χ3n) is 5.33. The summed E-state index contributed by atoms with van der Waals surface area (Å²) in [5.74, 6) is 1.05. The molecule has 4 aromatic rings. The first-order chi connectivity index (χ1) is 17.1. The van der Waals surface area contributed by atoms with Crippen molar-refractivity contribution in [2.75, 3.05) is 57.3 Å². The molecule has 4 rings (SSSR count). The number of imidazole rings is 1. The van der Waals surface area contributed by atoms with Gasteiger partial charge in [-0.3, -0.25) is 0 Å². The Bertz CT molecular complexity index is 1370. The van der Waals surface area contributed by atoms with Gasteiger partial charge in [0.2, 0.25) is 5.95 Å². The molecule has 0 amide bonds. The lowest BCUT2D eigenvalue weighted by atomic mass is 10.2. The molecule has 2 aromatic heterocycles. The van der Waals surface area contributed by atoms with Crippen molar-refractivity contribution in [2.24, 2.45) is 6.98 Å². The maximum absolute atomic E-state index is 8.04. The number of rotatable bonds is 8. The smallest absolute Gasteiger partial charge is 0.227 e. The molecule has 0 unspecified atom stereocenters. The van der Waals surface area contributed by atoms with Gasteiger partial charge in [0.05, 0.1) is 35.2 Å². The third kappa shape index (κ3) is 4.68. The SMILES string of the molecule is [2H]C([2H])([2H])n1c(-c2ccnc(Nc3cc(N)c(N(C)CCN(C)C)cc3OC)n2)nc2ccccc21. The molecule has 0 saturated carbocycles. The number of likely N-dealkylation sites (N-methyl/N-ethyl adjacent to an activating group) is 2. The van der Waals surface area contributed by atoms with Gasteiger partial charge < -0.3 is 30.2 Å². The Morgan fingerprint density at radius 3 is 2.70 bits per heavy atom. The minimum Gasteiger partial charge on any atom is -0.494 e. The molecule has 0 spiro atoms. The lowest BCUT2D eigenvalue weighted by Crippen LogP contribution is -2.29. The summed E-state index contributed by atoms with van der Waals surface area (Å²) in [6.07, 6.45) is 1.55. The average molecular weight is 450 g/mol. The van der Waals surface area contributed by atoms with E-state index in [0.29, 0.717) is 33.9 Å². The highest BCUT2D eigenvalue weighted by Gasteiger charge is 2.15. The van der Waals surface area contributed by atoms with E-state index >= 15 is 0 Å². The molecule has 3 N–H and O–H groups in total. The number of aromatic nitrogens is 4. The second-order valence-corrected chi connectivity index (χ2v) is 7.99. The van der Waals surface area contributed by atoms with Crippen LogP contribution in [0.2, 0.25) is 0 Å². The van der Waals surface area contributed by atoms with E-state index < -0.39 is 6.98 Å². The number of nitrogen functional groups attached to an aromatic ring is 1. The van der Waals surface area contributed by atoms with Crippen LogP contribution in [-0.4, -0.2) is 65.8 Å². The van der Waals surface area contributed by atoms with Crippen molar-refractivity contribution >= 4 is 34.0 Å². The van der Waals surface area contributed by atoms with Crippen LogP contribution in [0.15, 0.2) is 48.7 Å². The zero-order valence-corrected chi connectivity index (χ0v) is 19.2. The van der Waals surface area contributed by atoms with Crippen molar-refractivity contribution in [1.82, 2.24) is 24.4 Å². The first-order valence-electron chi connectivity index (χ1n) is 12.0. The van der Waals surface area contributed by atoms with Gasteiger partial charge in [0, 0.05) is 43.5 Å². The standard InChI is InChI=1S/C24H30N8O/c1-30(2)12-13-31(3)21-15-22(33-5)19(14-16(21)25)29-24-26-11-10-18(28-24)23-27-17-8-6-7-9-20(17)32(23)4/h6-11,14-15H,12-13,25H2,1-5H3,(H,26,28,29)/i4D3. The number of benzene rings is 2. The van der Waals surface area contributed by atoms with Gasteiger partial charge in [-0.05, 0) is 38.4 Å². The third-order valence-corrected chi connectivity index (χ3v) is 5.33. The zero-order valence-electron chi connectivity index (χ0n) is 22.2. The Morgan fingerprint density at radius 2 is 1.94 bits per heavy atom. The molecular weight excluding hydrogens is 416 g/mol. The van der Waals surface area contributed by atoms with Crippen LogP contribution in [0.5, 0.6) is 5.75 Å². The minimum atomic E-state index is -2.43. The Morgan fingerprint density at radius 1 is 1.12 bits per heavy atom. The topological polar surface area (TPSA) is 97.4 Å².